The van der Waals surface area contributed by atoms with Crippen LogP contribution in [0, 0.1) is 0 Å². The van der Waals surface area contributed by atoms with Crippen LogP contribution in [0.3, 0.4) is 0 Å². The Morgan fingerprint density at radius 1 is 1.11 bits per heavy atom. The van der Waals surface area contributed by atoms with E-state index < -0.39 is 0 Å². The van der Waals surface area contributed by atoms with E-state index in [4.69, 9.17) is 5.73 Å². The summed E-state index contributed by atoms with van der Waals surface area (Å²) in [6, 6.07) is 12.7. The molecule has 2 rings (SSSR count). The van der Waals surface area contributed by atoms with Crippen molar-refractivity contribution >= 4 is 0 Å². The number of hydrogen-bond acceptors (Lipinski definition) is 2. The van der Waals surface area contributed by atoms with E-state index in [0.29, 0.717) is 12.5 Å². The minimum atomic E-state index is 0.561. The van der Waals surface area contributed by atoms with Crippen LogP contribution in [0.4, 0.5) is 0 Å². The molecule has 94 valence electrons. The van der Waals surface area contributed by atoms with Gasteiger partial charge >= 0.3 is 0 Å². The van der Waals surface area contributed by atoms with E-state index in [0.717, 1.165) is 12.1 Å². The molecule has 0 aliphatic heterocycles. The molecule has 2 heteroatoms. The molecule has 0 aliphatic rings. The first-order valence-corrected chi connectivity index (χ1v) is 6.46. The van der Waals surface area contributed by atoms with Gasteiger partial charge in [0.2, 0.25) is 0 Å². The van der Waals surface area contributed by atoms with Crippen LogP contribution in [0.25, 0.3) is 11.3 Å². The molecule has 0 fully saturated rings. The van der Waals surface area contributed by atoms with E-state index >= 15 is 0 Å². The lowest BCUT2D eigenvalue weighted by atomic mass is 9.98. The van der Waals surface area contributed by atoms with Crippen LogP contribution in [-0.2, 0) is 6.42 Å². The third kappa shape index (κ3) is 2.77. The minimum absolute atomic E-state index is 0.561. The summed E-state index contributed by atoms with van der Waals surface area (Å²) in [5.41, 5.74) is 10.4. The summed E-state index contributed by atoms with van der Waals surface area (Å²) in [6.07, 6.45) is 2.71. The Labute approximate surface area is 109 Å². The quantitative estimate of drug-likeness (QED) is 0.889. The third-order valence-corrected chi connectivity index (χ3v) is 3.16. The molecule has 2 aromatic rings. The van der Waals surface area contributed by atoms with Crippen LogP contribution >= 0.6 is 0 Å². The predicted molar refractivity (Wildman–Crippen MR) is 76.5 cm³/mol. The summed E-state index contributed by atoms with van der Waals surface area (Å²) in [6.45, 7) is 5.06. The van der Waals surface area contributed by atoms with E-state index in [-0.39, 0.29) is 0 Å². The van der Waals surface area contributed by atoms with Gasteiger partial charge in [-0.1, -0.05) is 44.2 Å². The Kier molecular flexibility index (Phi) is 4.11. The molecule has 0 aliphatic carbocycles. The average molecular weight is 240 g/mol. The molecule has 2 N–H and O–H groups in total. The summed E-state index contributed by atoms with van der Waals surface area (Å²) in [5.74, 6) is 0.561. The first-order valence-electron chi connectivity index (χ1n) is 6.46. The van der Waals surface area contributed by atoms with Crippen molar-refractivity contribution in [2.24, 2.45) is 5.73 Å². The van der Waals surface area contributed by atoms with Crippen molar-refractivity contribution < 1.29 is 0 Å². The van der Waals surface area contributed by atoms with Crippen LogP contribution in [0.2, 0.25) is 0 Å². The lowest BCUT2D eigenvalue weighted by Crippen LogP contribution is -2.04. The number of rotatable bonds is 4. The Morgan fingerprint density at radius 3 is 2.44 bits per heavy atom. The van der Waals surface area contributed by atoms with Crippen LogP contribution in [0.1, 0.15) is 30.9 Å². The van der Waals surface area contributed by atoms with Crippen LogP contribution in [0.5, 0.6) is 0 Å². The zero-order chi connectivity index (χ0) is 13.0. The lowest BCUT2D eigenvalue weighted by molar-refractivity contribution is 0.867. The molecule has 0 spiro atoms. The van der Waals surface area contributed by atoms with Crippen molar-refractivity contribution in [1.82, 2.24) is 4.98 Å². The van der Waals surface area contributed by atoms with E-state index in [1.807, 2.05) is 12.3 Å². The number of hydrogen-bond donors (Lipinski definition) is 1. The Balaban J connectivity index is 2.36. The highest BCUT2D eigenvalue weighted by Gasteiger charge is 2.06. The van der Waals surface area contributed by atoms with Crippen molar-refractivity contribution in [3.63, 3.8) is 0 Å². The Morgan fingerprint density at radius 2 is 1.83 bits per heavy atom. The maximum atomic E-state index is 5.64. The zero-order valence-corrected chi connectivity index (χ0v) is 11.1. The molecule has 1 aromatic carbocycles. The van der Waals surface area contributed by atoms with Crippen molar-refractivity contribution in [2.75, 3.05) is 6.54 Å². The summed E-state index contributed by atoms with van der Waals surface area (Å²) >= 11 is 0. The Hall–Kier alpha value is -1.67. The number of nitrogens with zero attached hydrogens (tertiary/aromatic N) is 1. The molecule has 2 nitrogen and oxygen atoms in total. The van der Waals surface area contributed by atoms with Gasteiger partial charge in [0.1, 0.15) is 0 Å². The Bertz CT molecular complexity index is 501. The number of benzene rings is 1. The molecule has 0 radical (unpaired) electrons. The SMILES string of the molecule is CC(C)c1ccc(-c2ncccc2CCN)cc1. The highest BCUT2D eigenvalue weighted by Crippen LogP contribution is 2.24. The van der Waals surface area contributed by atoms with Gasteiger partial charge in [-0.3, -0.25) is 4.98 Å². The largest absolute Gasteiger partial charge is 0.330 e. The summed E-state index contributed by atoms with van der Waals surface area (Å²) in [4.78, 5) is 4.49. The fourth-order valence-corrected chi connectivity index (χ4v) is 2.08. The standard InChI is InChI=1S/C16H20N2/c1-12(2)13-5-7-15(8-6-13)16-14(9-10-17)4-3-11-18-16/h3-8,11-12H,9-10,17H2,1-2H3. The van der Waals surface area contributed by atoms with E-state index in [1.165, 1.54) is 16.7 Å². The molecule has 0 unspecified atom stereocenters. The highest BCUT2D eigenvalue weighted by molar-refractivity contribution is 5.63. The molecular formula is C16H20N2. The van der Waals surface area contributed by atoms with E-state index in [9.17, 15) is 0 Å². The third-order valence-electron chi connectivity index (χ3n) is 3.16. The van der Waals surface area contributed by atoms with E-state index in [1.54, 1.807) is 0 Å². The molecule has 1 aromatic heterocycles. The molecule has 0 bridgehead atoms. The van der Waals surface area contributed by atoms with Crippen molar-refractivity contribution in [3.8, 4) is 11.3 Å². The molecule has 0 saturated heterocycles. The lowest BCUT2D eigenvalue weighted by Gasteiger charge is -2.09. The molecule has 1 heterocycles. The van der Waals surface area contributed by atoms with E-state index in [2.05, 4.69) is 49.2 Å². The van der Waals surface area contributed by atoms with Crippen molar-refractivity contribution in [2.45, 2.75) is 26.2 Å². The second-order valence-corrected chi connectivity index (χ2v) is 4.83. The van der Waals surface area contributed by atoms with Crippen molar-refractivity contribution in [1.29, 1.82) is 0 Å². The van der Waals surface area contributed by atoms with Crippen molar-refractivity contribution in [3.05, 3.63) is 53.7 Å². The summed E-state index contributed by atoms with van der Waals surface area (Å²) in [7, 11) is 0. The van der Waals surface area contributed by atoms with Gasteiger partial charge in [-0.15, -0.1) is 0 Å². The summed E-state index contributed by atoms with van der Waals surface area (Å²) < 4.78 is 0. The summed E-state index contributed by atoms with van der Waals surface area (Å²) in [5, 5.41) is 0. The second kappa shape index (κ2) is 5.78. The van der Waals surface area contributed by atoms with Gasteiger partial charge in [0.15, 0.2) is 0 Å². The van der Waals surface area contributed by atoms with Gasteiger partial charge in [-0.2, -0.15) is 0 Å². The number of nitrogens with two attached hydrogens (primary N) is 1. The van der Waals surface area contributed by atoms with Gasteiger partial charge in [-0.25, -0.2) is 0 Å². The van der Waals surface area contributed by atoms with Crippen LogP contribution < -0.4 is 5.73 Å². The average Bonchev–Trinajstić information content (AvgIpc) is 2.40. The highest BCUT2D eigenvalue weighted by atomic mass is 14.7. The normalized spacial score (nSPS) is 10.9. The topological polar surface area (TPSA) is 38.9 Å². The first-order chi connectivity index (χ1) is 8.72. The fourth-order valence-electron chi connectivity index (χ4n) is 2.08. The molecule has 0 atom stereocenters. The van der Waals surface area contributed by atoms with Crippen LogP contribution in [0.15, 0.2) is 42.6 Å². The van der Waals surface area contributed by atoms with Gasteiger partial charge in [0.05, 0.1) is 5.69 Å². The molecular weight excluding hydrogens is 220 g/mol. The predicted octanol–water partition coefficient (Wildman–Crippen LogP) is 3.37. The molecule has 18 heavy (non-hydrogen) atoms. The maximum Gasteiger partial charge on any atom is 0.0734 e. The minimum Gasteiger partial charge on any atom is -0.330 e. The number of aromatic nitrogens is 1. The van der Waals surface area contributed by atoms with Gasteiger partial charge in [0.25, 0.3) is 0 Å². The smallest absolute Gasteiger partial charge is 0.0734 e. The monoisotopic (exact) mass is 240 g/mol. The van der Waals surface area contributed by atoms with Gasteiger partial charge < -0.3 is 5.73 Å². The fraction of sp³-hybridized carbons (Fsp3) is 0.312. The van der Waals surface area contributed by atoms with Gasteiger partial charge in [0, 0.05) is 11.8 Å². The first kappa shape index (κ1) is 12.8. The maximum absolute atomic E-state index is 5.64. The molecule has 0 saturated carbocycles. The van der Waals surface area contributed by atoms with Gasteiger partial charge in [-0.05, 0) is 36.1 Å². The zero-order valence-electron chi connectivity index (χ0n) is 11.1. The molecule has 0 amide bonds. The second-order valence-electron chi connectivity index (χ2n) is 4.83. The van der Waals surface area contributed by atoms with Crippen LogP contribution in [-0.4, -0.2) is 11.5 Å². The number of pyridine rings is 1.